The third kappa shape index (κ3) is 4.91. The van der Waals surface area contributed by atoms with Crippen molar-refractivity contribution in [2.75, 3.05) is 18.4 Å². The van der Waals surface area contributed by atoms with E-state index in [0.717, 1.165) is 17.1 Å². The number of carbonyl (C=O) groups excluding carboxylic acids is 2. The zero-order chi connectivity index (χ0) is 22.3. The molecule has 1 fully saturated rings. The highest BCUT2D eigenvalue weighted by molar-refractivity contribution is 5.95. The molecule has 1 aromatic heterocycles. The van der Waals surface area contributed by atoms with Gasteiger partial charge in [0.15, 0.2) is 5.82 Å². The molecule has 0 spiro atoms. The number of piperidine rings is 1. The molecule has 32 heavy (non-hydrogen) atoms. The Morgan fingerprint density at radius 1 is 1.06 bits per heavy atom. The number of aromatic nitrogens is 4. The molecule has 0 saturated carbocycles. The lowest BCUT2D eigenvalue weighted by molar-refractivity contribution is -0.130. The highest BCUT2D eigenvalue weighted by atomic mass is 16.2. The number of para-hydroxylation sites is 2. The van der Waals surface area contributed by atoms with E-state index in [0.29, 0.717) is 38.0 Å². The van der Waals surface area contributed by atoms with Gasteiger partial charge in [-0.2, -0.15) is 4.68 Å². The summed E-state index contributed by atoms with van der Waals surface area (Å²) in [5.41, 5.74) is 2.40. The van der Waals surface area contributed by atoms with Crippen LogP contribution in [0.2, 0.25) is 0 Å². The van der Waals surface area contributed by atoms with Crippen LogP contribution >= 0.6 is 0 Å². The number of carbonyl (C=O) groups is 2. The normalized spacial score (nSPS) is 14.6. The second-order valence-electron chi connectivity index (χ2n) is 7.71. The Hall–Kier alpha value is -3.81. The molecule has 0 unspecified atom stereocenters. The SMILES string of the molecule is CCc1nnnn1-c1ccccc1NC(=O)C1CCN(C(=O)C=Cc2ccccc2)CC1. The summed E-state index contributed by atoms with van der Waals surface area (Å²) in [6.45, 7) is 3.10. The fourth-order valence-electron chi connectivity index (χ4n) is 3.81. The van der Waals surface area contributed by atoms with Crippen molar-refractivity contribution in [2.24, 2.45) is 5.92 Å². The van der Waals surface area contributed by atoms with Crippen molar-refractivity contribution in [3.63, 3.8) is 0 Å². The minimum absolute atomic E-state index is 0.0242. The van der Waals surface area contributed by atoms with Gasteiger partial charge in [-0.3, -0.25) is 9.59 Å². The number of hydrogen-bond donors (Lipinski definition) is 1. The van der Waals surface area contributed by atoms with Crippen LogP contribution in [0.5, 0.6) is 0 Å². The lowest BCUT2D eigenvalue weighted by atomic mass is 9.95. The Balaban J connectivity index is 1.36. The summed E-state index contributed by atoms with van der Waals surface area (Å²) >= 11 is 0. The predicted octanol–water partition coefficient (Wildman–Crippen LogP) is 3.12. The van der Waals surface area contributed by atoms with E-state index in [4.69, 9.17) is 0 Å². The third-order valence-corrected chi connectivity index (χ3v) is 5.64. The number of hydrogen-bond acceptors (Lipinski definition) is 5. The first-order valence-corrected chi connectivity index (χ1v) is 10.8. The molecule has 164 valence electrons. The summed E-state index contributed by atoms with van der Waals surface area (Å²) < 4.78 is 1.65. The van der Waals surface area contributed by atoms with Gasteiger partial charge in [-0.25, -0.2) is 0 Å². The molecule has 2 amide bonds. The van der Waals surface area contributed by atoms with Gasteiger partial charge in [0.1, 0.15) is 0 Å². The lowest BCUT2D eigenvalue weighted by Gasteiger charge is -2.30. The maximum atomic E-state index is 12.9. The molecule has 0 atom stereocenters. The Bertz CT molecular complexity index is 1100. The summed E-state index contributed by atoms with van der Waals surface area (Å²) in [5.74, 6) is 0.506. The van der Waals surface area contributed by atoms with Gasteiger partial charge in [0.2, 0.25) is 11.8 Å². The molecule has 0 bridgehead atoms. The highest BCUT2D eigenvalue weighted by Gasteiger charge is 2.27. The molecule has 2 heterocycles. The molecule has 1 saturated heterocycles. The van der Waals surface area contributed by atoms with Crippen LogP contribution in [0.3, 0.4) is 0 Å². The number of nitrogens with one attached hydrogen (secondary N) is 1. The average molecular weight is 431 g/mol. The van der Waals surface area contributed by atoms with E-state index in [9.17, 15) is 9.59 Å². The van der Waals surface area contributed by atoms with Crippen molar-refractivity contribution in [1.82, 2.24) is 25.1 Å². The zero-order valence-electron chi connectivity index (χ0n) is 18.0. The highest BCUT2D eigenvalue weighted by Crippen LogP contribution is 2.24. The Morgan fingerprint density at radius 2 is 1.78 bits per heavy atom. The van der Waals surface area contributed by atoms with Crippen LogP contribution in [0.1, 0.15) is 31.2 Å². The topological polar surface area (TPSA) is 93.0 Å². The fourth-order valence-corrected chi connectivity index (χ4v) is 3.81. The van der Waals surface area contributed by atoms with Gasteiger partial charge in [0, 0.05) is 31.5 Å². The van der Waals surface area contributed by atoms with E-state index in [2.05, 4.69) is 20.8 Å². The van der Waals surface area contributed by atoms with Crippen LogP contribution in [-0.2, 0) is 16.0 Å². The number of nitrogens with zero attached hydrogens (tertiary/aromatic N) is 5. The van der Waals surface area contributed by atoms with Crippen molar-refractivity contribution in [2.45, 2.75) is 26.2 Å². The lowest BCUT2D eigenvalue weighted by Crippen LogP contribution is -2.40. The van der Waals surface area contributed by atoms with Gasteiger partial charge in [0.05, 0.1) is 11.4 Å². The maximum absolute atomic E-state index is 12.9. The van der Waals surface area contributed by atoms with Crippen LogP contribution in [0, 0.1) is 5.92 Å². The number of anilines is 1. The van der Waals surface area contributed by atoms with Crippen molar-refractivity contribution in [3.05, 3.63) is 72.1 Å². The van der Waals surface area contributed by atoms with Crippen molar-refractivity contribution < 1.29 is 9.59 Å². The van der Waals surface area contributed by atoms with Gasteiger partial charge in [-0.15, -0.1) is 5.10 Å². The van der Waals surface area contributed by atoms with Crippen LogP contribution < -0.4 is 5.32 Å². The molecule has 8 heteroatoms. The smallest absolute Gasteiger partial charge is 0.246 e. The van der Waals surface area contributed by atoms with E-state index in [-0.39, 0.29) is 17.7 Å². The maximum Gasteiger partial charge on any atom is 0.246 e. The first kappa shape index (κ1) is 21.4. The average Bonchev–Trinajstić information content (AvgIpc) is 3.32. The van der Waals surface area contributed by atoms with E-state index in [1.165, 1.54) is 0 Å². The van der Waals surface area contributed by atoms with Crippen molar-refractivity contribution >= 4 is 23.6 Å². The minimum atomic E-state index is -0.148. The summed E-state index contributed by atoms with van der Waals surface area (Å²) in [4.78, 5) is 27.2. The second-order valence-corrected chi connectivity index (χ2v) is 7.71. The fraction of sp³-hybridized carbons (Fsp3) is 0.292. The van der Waals surface area contributed by atoms with Gasteiger partial charge in [-0.05, 0) is 47.0 Å². The van der Waals surface area contributed by atoms with E-state index >= 15 is 0 Å². The van der Waals surface area contributed by atoms with Gasteiger partial charge < -0.3 is 10.2 Å². The quantitative estimate of drug-likeness (QED) is 0.607. The second kappa shape index (κ2) is 10.00. The molecule has 1 N–H and O–H groups in total. The first-order valence-electron chi connectivity index (χ1n) is 10.8. The monoisotopic (exact) mass is 430 g/mol. The number of amides is 2. The van der Waals surface area contributed by atoms with Crippen LogP contribution in [0.4, 0.5) is 5.69 Å². The van der Waals surface area contributed by atoms with Crippen LogP contribution in [0.15, 0.2) is 60.7 Å². The molecule has 8 nitrogen and oxygen atoms in total. The number of likely N-dealkylation sites (tertiary alicyclic amines) is 1. The Kier molecular flexibility index (Phi) is 6.69. The molecule has 2 aromatic carbocycles. The molecular weight excluding hydrogens is 404 g/mol. The summed E-state index contributed by atoms with van der Waals surface area (Å²) in [7, 11) is 0. The first-order chi connectivity index (χ1) is 15.7. The minimum Gasteiger partial charge on any atom is -0.339 e. The van der Waals surface area contributed by atoms with Gasteiger partial charge in [0.25, 0.3) is 0 Å². The molecule has 0 radical (unpaired) electrons. The largest absolute Gasteiger partial charge is 0.339 e. The molecule has 1 aliphatic heterocycles. The third-order valence-electron chi connectivity index (χ3n) is 5.64. The molecule has 1 aliphatic rings. The Labute approximate surface area is 186 Å². The molecule has 0 aliphatic carbocycles. The standard InChI is InChI=1S/C24H26N6O2/c1-2-22-26-27-28-30(22)21-11-7-6-10-20(21)25-24(32)19-14-16-29(17-15-19)23(31)13-12-18-8-4-3-5-9-18/h3-13,19H,2,14-17H2,1H3,(H,25,32). The van der Waals surface area contributed by atoms with E-state index < -0.39 is 0 Å². The molecule has 3 aromatic rings. The van der Waals surface area contributed by atoms with Crippen LogP contribution in [0.25, 0.3) is 11.8 Å². The predicted molar refractivity (Wildman–Crippen MR) is 122 cm³/mol. The van der Waals surface area contributed by atoms with Gasteiger partial charge in [-0.1, -0.05) is 49.4 Å². The number of tetrazole rings is 1. The summed E-state index contributed by atoms with van der Waals surface area (Å²) in [6.07, 6.45) is 5.36. The molecular formula is C24H26N6O2. The number of aryl methyl sites for hydroxylation is 1. The molecule has 4 rings (SSSR count). The zero-order valence-corrected chi connectivity index (χ0v) is 18.0. The van der Waals surface area contributed by atoms with E-state index in [1.807, 2.05) is 67.6 Å². The van der Waals surface area contributed by atoms with Crippen molar-refractivity contribution in [1.29, 1.82) is 0 Å². The Morgan fingerprint density at radius 3 is 2.53 bits per heavy atom. The van der Waals surface area contributed by atoms with Crippen molar-refractivity contribution in [3.8, 4) is 5.69 Å². The van der Waals surface area contributed by atoms with Crippen LogP contribution in [-0.4, -0.2) is 50.0 Å². The summed E-state index contributed by atoms with van der Waals surface area (Å²) in [6, 6.07) is 17.2. The number of benzene rings is 2. The number of rotatable bonds is 6. The van der Waals surface area contributed by atoms with E-state index in [1.54, 1.807) is 15.7 Å². The van der Waals surface area contributed by atoms with Gasteiger partial charge >= 0.3 is 0 Å². The summed E-state index contributed by atoms with van der Waals surface area (Å²) in [5, 5.41) is 14.9.